The Morgan fingerprint density at radius 3 is 2.62 bits per heavy atom. The quantitative estimate of drug-likeness (QED) is 0.756. The number of hydrogen-bond acceptors (Lipinski definition) is 6. The predicted molar refractivity (Wildman–Crippen MR) is 115 cm³/mol. The van der Waals surface area contributed by atoms with E-state index >= 15 is 0 Å². The lowest BCUT2D eigenvalue weighted by Crippen LogP contribution is -2.28. The minimum absolute atomic E-state index is 0.0384. The smallest absolute Gasteiger partial charge is 0.240 e. The first-order chi connectivity index (χ1) is 13.9. The number of amidine groups is 1. The summed E-state index contributed by atoms with van der Waals surface area (Å²) in [6.45, 7) is 3.96. The molecule has 8 heteroatoms. The summed E-state index contributed by atoms with van der Waals surface area (Å²) in [6, 6.07) is 11.1. The fraction of sp³-hybridized carbons (Fsp3) is 0.286. The standard InChI is InChI=1S/C21H23N3O4S/c1-12-5-6-13(2)15(9-12)23-21-24-20(26)18(29-21)11-19(25)22-14-7-8-16(27-3)17(10-14)28-4/h5-10,18H,11H2,1-4H3,(H,22,25)(H,23,24,26)/t18-/m0/s1. The molecule has 0 radical (unpaired) electrons. The second-order valence-corrected chi connectivity index (χ2v) is 7.82. The van der Waals surface area contributed by atoms with Crippen LogP contribution in [0.1, 0.15) is 17.5 Å². The second kappa shape index (κ2) is 9.00. The van der Waals surface area contributed by atoms with E-state index in [0.29, 0.717) is 22.4 Å². The third-order valence-corrected chi connectivity index (χ3v) is 5.48. The van der Waals surface area contributed by atoms with E-state index in [1.165, 1.54) is 18.9 Å². The van der Waals surface area contributed by atoms with Gasteiger partial charge in [-0.05, 0) is 43.2 Å². The number of aliphatic imine (C=N–C) groups is 1. The summed E-state index contributed by atoms with van der Waals surface area (Å²) in [7, 11) is 3.07. The molecule has 1 saturated heterocycles. The van der Waals surface area contributed by atoms with Crippen molar-refractivity contribution in [3.63, 3.8) is 0 Å². The van der Waals surface area contributed by atoms with Crippen LogP contribution in [0.5, 0.6) is 11.5 Å². The molecule has 1 aliphatic rings. The third kappa shape index (κ3) is 5.08. The van der Waals surface area contributed by atoms with Gasteiger partial charge in [-0.25, -0.2) is 4.99 Å². The lowest BCUT2D eigenvalue weighted by molar-refractivity contribution is -0.122. The molecule has 29 heavy (non-hydrogen) atoms. The van der Waals surface area contributed by atoms with Gasteiger partial charge in [-0.2, -0.15) is 0 Å². The maximum absolute atomic E-state index is 12.4. The summed E-state index contributed by atoms with van der Waals surface area (Å²) in [4.78, 5) is 29.2. The number of thioether (sulfide) groups is 1. The van der Waals surface area contributed by atoms with Crippen molar-refractivity contribution in [1.29, 1.82) is 0 Å². The van der Waals surface area contributed by atoms with Crippen LogP contribution in [-0.4, -0.2) is 36.5 Å². The van der Waals surface area contributed by atoms with Crippen LogP contribution < -0.4 is 20.1 Å². The molecule has 152 valence electrons. The SMILES string of the molecule is COc1ccc(NC(=O)C[C@@H]2SC(=Nc3cc(C)ccc3C)NC2=O)cc1OC. The maximum atomic E-state index is 12.4. The molecule has 0 aromatic heterocycles. The van der Waals surface area contributed by atoms with Crippen molar-refractivity contribution < 1.29 is 19.1 Å². The molecule has 3 rings (SSSR count). The molecule has 1 atom stereocenters. The van der Waals surface area contributed by atoms with Gasteiger partial charge in [0.2, 0.25) is 11.8 Å². The molecule has 1 heterocycles. The molecule has 0 bridgehead atoms. The number of hydrogen-bond donors (Lipinski definition) is 2. The maximum Gasteiger partial charge on any atom is 0.240 e. The monoisotopic (exact) mass is 413 g/mol. The van der Waals surface area contributed by atoms with Gasteiger partial charge in [0.1, 0.15) is 5.25 Å². The summed E-state index contributed by atoms with van der Waals surface area (Å²) in [5.41, 5.74) is 3.49. The third-order valence-electron chi connectivity index (χ3n) is 4.40. The Hall–Kier alpha value is -3.00. The number of aryl methyl sites for hydroxylation is 2. The average Bonchev–Trinajstić information content (AvgIpc) is 3.03. The Labute approximate surface area is 173 Å². The van der Waals surface area contributed by atoms with E-state index < -0.39 is 5.25 Å². The number of carbonyl (C=O) groups excluding carboxylic acids is 2. The highest BCUT2D eigenvalue weighted by Gasteiger charge is 2.32. The zero-order chi connectivity index (χ0) is 21.0. The number of methoxy groups -OCH3 is 2. The van der Waals surface area contributed by atoms with Gasteiger partial charge >= 0.3 is 0 Å². The molecular formula is C21H23N3O4S. The molecule has 7 nitrogen and oxygen atoms in total. The van der Waals surface area contributed by atoms with E-state index in [1.807, 2.05) is 32.0 Å². The number of nitrogens with one attached hydrogen (secondary N) is 2. The fourth-order valence-electron chi connectivity index (χ4n) is 2.84. The Kier molecular flexibility index (Phi) is 6.43. The number of benzene rings is 2. The Morgan fingerprint density at radius 2 is 1.90 bits per heavy atom. The average molecular weight is 413 g/mol. The number of rotatable bonds is 6. The molecular weight excluding hydrogens is 390 g/mol. The summed E-state index contributed by atoms with van der Waals surface area (Å²) in [5.74, 6) is 0.601. The van der Waals surface area contributed by atoms with Crippen LogP contribution in [0.4, 0.5) is 11.4 Å². The highest BCUT2D eigenvalue weighted by molar-refractivity contribution is 8.15. The van der Waals surface area contributed by atoms with Crippen LogP contribution in [0.25, 0.3) is 0 Å². The second-order valence-electron chi connectivity index (χ2n) is 6.62. The molecule has 1 aliphatic heterocycles. The Balaban J connectivity index is 1.65. The Bertz CT molecular complexity index is 974. The van der Waals surface area contributed by atoms with Crippen LogP contribution in [0, 0.1) is 13.8 Å². The molecule has 2 aromatic rings. The van der Waals surface area contributed by atoms with Crippen LogP contribution >= 0.6 is 11.8 Å². The van der Waals surface area contributed by atoms with Crippen molar-refractivity contribution in [2.45, 2.75) is 25.5 Å². The first kappa shape index (κ1) is 20.7. The summed E-state index contributed by atoms with van der Waals surface area (Å²) in [5, 5.41) is 5.53. The largest absolute Gasteiger partial charge is 0.493 e. The molecule has 2 amide bonds. The summed E-state index contributed by atoms with van der Waals surface area (Å²) >= 11 is 1.26. The van der Waals surface area contributed by atoms with Gasteiger partial charge in [-0.15, -0.1) is 0 Å². The van der Waals surface area contributed by atoms with Crippen LogP contribution in [0.2, 0.25) is 0 Å². The lowest BCUT2D eigenvalue weighted by Gasteiger charge is -2.11. The fourth-order valence-corrected chi connectivity index (χ4v) is 3.82. The lowest BCUT2D eigenvalue weighted by atomic mass is 10.1. The molecule has 2 N–H and O–H groups in total. The molecule has 0 spiro atoms. The van der Waals surface area contributed by atoms with Crippen LogP contribution in [0.3, 0.4) is 0 Å². The molecule has 1 fully saturated rings. The van der Waals surface area contributed by atoms with Crippen molar-refractivity contribution in [2.24, 2.45) is 4.99 Å². The number of ether oxygens (including phenoxy) is 2. The van der Waals surface area contributed by atoms with Crippen molar-refractivity contribution in [2.75, 3.05) is 19.5 Å². The van der Waals surface area contributed by atoms with Crippen LogP contribution in [0.15, 0.2) is 41.4 Å². The molecule has 2 aromatic carbocycles. The van der Waals surface area contributed by atoms with Crippen molar-refractivity contribution in [1.82, 2.24) is 5.32 Å². The van der Waals surface area contributed by atoms with E-state index in [4.69, 9.17) is 9.47 Å². The van der Waals surface area contributed by atoms with Gasteiger partial charge in [-0.1, -0.05) is 23.9 Å². The van der Waals surface area contributed by atoms with Gasteiger partial charge < -0.3 is 20.1 Å². The minimum atomic E-state index is -0.529. The highest BCUT2D eigenvalue weighted by atomic mass is 32.2. The summed E-state index contributed by atoms with van der Waals surface area (Å²) in [6.07, 6.45) is 0.0384. The van der Waals surface area contributed by atoms with E-state index in [0.717, 1.165) is 16.8 Å². The summed E-state index contributed by atoms with van der Waals surface area (Å²) < 4.78 is 10.4. The van der Waals surface area contributed by atoms with E-state index in [9.17, 15) is 9.59 Å². The topological polar surface area (TPSA) is 89.0 Å². The first-order valence-corrected chi connectivity index (χ1v) is 9.93. The number of carbonyl (C=O) groups is 2. The number of amides is 2. The Morgan fingerprint density at radius 1 is 1.14 bits per heavy atom. The van der Waals surface area contributed by atoms with E-state index in [-0.39, 0.29) is 18.2 Å². The molecule has 0 aliphatic carbocycles. The van der Waals surface area contributed by atoms with E-state index in [1.54, 1.807) is 25.3 Å². The molecule has 0 saturated carbocycles. The normalized spacial score (nSPS) is 17.2. The molecule has 0 unspecified atom stereocenters. The van der Waals surface area contributed by atoms with Crippen molar-refractivity contribution >= 4 is 40.1 Å². The highest BCUT2D eigenvalue weighted by Crippen LogP contribution is 2.31. The van der Waals surface area contributed by atoms with E-state index in [2.05, 4.69) is 15.6 Å². The van der Waals surface area contributed by atoms with Crippen LogP contribution in [-0.2, 0) is 9.59 Å². The van der Waals surface area contributed by atoms with Crippen molar-refractivity contribution in [3.8, 4) is 11.5 Å². The zero-order valence-electron chi connectivity index (χ0n) is 16.7. The number of nitrogens with zero attached hydrogens (tertiary/aromatic N) is 1. The number of anilines is 1. The van der Waals surface area contributed by atoms with Gasteiger partial charge in [0, 0.05) is 18.2 Å². The van der Waals surface area contributed by atoms with Gasteiger partial charge in [0.05, 0.1) is 19.9 Å². The van der Waals surface area contributed by atoms with Gasteiger partial charge in [-0.3, -0.25) is 9.59 Å². The minimum Gasteiger partial charge on any atom is -0.493 e. The van der Waals surface area contributed by atoms with Crippen molar-refractivity contribution in [3.05, 3.63) is 47.5 Å². The van der Waals surface area contributed by atoms with Gasteiger partial charge in [0.15, 0.2) is 16.7 Å². The zero-order valence-corrected chi connectivity index (χ0v) is 17.6. The van der Waals surface area contributed by atoms with Gasteiger partial charge in [0.25, 0.3) is 0 Å². The predicted octanol–water partition coefficient (Wildman–Crippen LogP) is 3.57. The first-order valence-electron chi connectivity index (χ1n) is 9.05.